The third-order valence-electron chi connectivity index (χ3n) is 3.37. The lowest BCUT2D eigenvalue weighted by atomic mass is 10.1. The first kappa shape index (κ1) is 18.1. The van der Waals surface area contributed by atoms with E-state index in [1.54, 1.807) is 7.05 Å². The number of hydrogen-bond donors (Lipinski definition) is 2. The first-order valence-electron chi connectivity index (χ1n) is 7.14. The van der Waals surface area contributed by atoms with Crippen LogP contribution in [-0.2, 0) is 9.59 Å². The third-order valence-corrected chi connectivity index (χ3v) is 3.37. The summed E-state index contributed by atoms with van der Waals surface area (Å²) in [6, 6.07) is 0.757. The molecule has 0 unspecified atom stereocenters. The van der Waals surface area contributed by atoms with Crippen molar-refractivity contribution in [3.8, 4) is 0 Å². The highest BCUT2D eigenvalue weighted by atomic mass is 16.1. The highest BCUT2D eigenvalue weighted by molar-refractivity contribution is 5.72. The van der Waals surface area contributed by atoms with E-state index in [9.17, 15) is 9.59 Å². The van der Waals surface area contributed by atoms with Crippen LogP contribution in [-0.4, -0.2) is 56.9 Å². The van der Waals surface area contributed by atoms with Crippen LogP contribution in [0.25, 0.3) is 0 Å². The lowest BCUT2D eigenvalue weighted by Crippen LogP contribution is -2.41. The SMILES string of the molecule is CN(CCCCC=O)C1CCNCC1.CNC(C)=O. The van der Waals surface area contributed by atoms with Gasteiger partial charge in [-0.25, -0.2) is 0 Å². The highest BCUT2D eigenvalue weighted by Crippen LogP contribution is 2.10. The van der Waals surface area contributed by atoms with Crippen molar-refractivity contribution in [2.24, 2.45) is 0 Å². The molecule has 1 saturated heterocycles. The van der Waals surface area contributed by atoms with E-state index in [-0.39, 0.29) is 5.91 Å². The summed E-state index contributed by atoms with van der Waals surface area (Å²) < 4.78 is 0. The Labute approximate surface area is 117 Å². The molecule has 112 valence electrons. The molecule has 0 saturated carbocycles. The van der Waals surface area contributed by atoms with Gasteiger partial charge in [0.05, 0.1) is 0 Å². The maximum atomic E-state index is 10.1. The van der Waals surface area contributed by atoms with Crippen LogP contribution in [0.2, 0.25) is 0 Å². The number of rotatable bonds is 6. The van der Waals surface area contributed by atoms with E-state index in [4.69, 9.17) is 0 Å². The molecular weight excluding hydrogens is 242 g/mol. The smallest absolute Gasteiger partial charge is 0.216 e. The standard InChI is InChI=1S/C11H22N2O.C3H7NO/c1-13(9-3-2-4-10-14)11-5-7-12-8-6-11;1-3(5)4-2/h10-12H,2-9H2,1H3;1-2H3,(H,4,5). The highest BCUT2D eigenvalue weighted by Gasteiger charge is 2.16. The molecule has 0 radical (unpaired) electrons. The van der Waals surface area contributed by atoms with E-state index in [0.29, 0.717) is 0 Å². The predicted molar refractivity (Wildman–Crippen MR) is 78.2 cm³/mol. The van der Waals surface area contributed by atoms with Gasteiger partial charge in [-0.2, -0.15) is 0 Å². The van der Waals surface area contributed by atoms with Crippen molar-refractivity contribution in [1.29, 1.82) is 0 Å². The third kappa shape index (κ3) is 10.7. The molecule has 5 nitrogen and oxygen atoms in total. The van der Waals surface area contributed by atoms with Crippen molar-refractivity contribution in [2.45, 2.75) is 45.1 Å². The van der Waals surface area contributed by atoms with Gasteiger partial charge in [0.25, 0.3) is 0 Å². The summed E-state index contributed by atoms with van der Waals surface area (Å²) in [5, 5.41) is 5.76. The van der Waals surface area contributed by atoms with Crippen LogP contribution in [0.5, 0.6) is 0 Å². The number of carbonyl (C=O) groups excluding carboxylic acids is 2. The van der Waals surface area contributed by atoms with Crippen LogP contribution in [0.15, 0.2) is 0 Å². The predicted octanol–water partition coefficient (Wildman–Crippen LogP) is 0.792. The van der Waals surface area contributed by atoms with Crippen LogP contribution < -0.4 is 10.6 Å². The zero-order valence-corrected chi connectivity index (χ0v) is 12.6. The van der Waals surface area contributed by atoms with Crippen LogP contribution in [0.4, 0.5) is 0 Å². The fourth-order valence-corrected chi connectivity index (χ4v) is 2.02. The molecule has 0 aromatic carbocycles. The van der Waals surface area contributed by atoms with Crippen LogP contribution in [0.3, 0.4) is 0 Å². The van der Waals surface area contributed by atoms with Crippen molar-refractivity contribution >= 4 is 12.2 Å². The van der Waals surface area contributed by atoms with Crippen LogP contribution >= 0.6 is 0 Å². The van der Waals surface area contributed by atoms with Gasteiger partial charge in [-0.1, -0.05) is 0 Å². The molecule has 0 aromatic rings. The van der Waals surface area contributed by atoms with Gasteiger partial charge in [0, 0.05) is 26.4 Å². The number of carbonyl (C=O) groups is 2. The van der Waals surface area contributed by atoms with E-state index in [0.717, 1.165) is 51.2 Å². The fraction of sp³-hybridized carbons (Fsp3) is 0.857. The van der Waals surface area contributed by atoms with Gasteiger partial charge >= 0.3 is 0 Å². The quantitative estimate of drug-likeness (QED) is 0.554. The second-order valence-corrected chi connectivity index (χ2v) is 4.93. The van der Waals surface area contributed by atoms with Crippen LogP contribution in [0, 0.1) is 0 Å². The van der Waals surface area contributed by atoms with Gasteiger partial charge in [-0.3, -0.25) is 4.79 Å². The van der Waals surface area contributed by atoms with E-state index in [1.807, 2.05) is 0 Å². The van der Waals surface area contributed by atoms with E-state index < -0.39 is 0 Å². The second kappa shape index (κ2) is 12.1. The monoisotopic (exact) mass is 271 g/mol. The molecule has 1 rings (SSSR count). The zero-order valence-electron chi connectivity index (χ0n) is 12.6. The summed E-state index contributed by atoms with van der Waals surface area (Å²) in [4.78, 5) is 22.3. The first-order chi connectivity index (χ1) is 9.11. The minimum absolute atomic E-state index is 0.00463. The molecule has 1 aliphatic heterocycles. The van der Waals surface area contributed by atoms with Gasteiger partial charge < -0.3 is 20.3 Å². The van der Waals surface area contributed by atoms with Crippen molar-refractivity contribution in [3.05, 3.63) is 0 Å². The van der Waals surface area contributed by atoms with Crippen LogP contribution in [0.1, 0.15) is 39.0 Å². The van der Waals surface area contributed by atoms with Crippen molar-refractivity contribution < 1.29 is 9.59 Å². The van der Waals surface area contributed by atoms with Gasteiger partial charge in [-0.15, -0.1) is 0 Å². The van der Waals surface area contributed by atoms with Gasteiger partial charge in [0.15, 0.2) is 0 Å². The number of aldehydes is 1. The lowest BCUT2D eigenvalue weighted by Gasteiger charge is -2.31. The molecule has 1 aliphatic rings. The Morgan fingerprint density at radius 3 is 2.42 bits per heavy atom. The summed E-state index contributed by atoms with van der Waals surface area (Å²) in [5.74, 6) is 0.00463. The van der Waals surface area contributed by atoms with Crippen molar-refractivity contribution in [1.82, 2.24) is 15.5 Å². The van der Waals surface area contributed by atoms with E-state index in [1.165, 1.54) is 19.8 Å². The number of nitrogens with one attached hydrogen (secondary N) is 2. The number of amides is 1. The average molecular weight is 271 g/mol. The molecule has 0 spiro atoms. The molecule has 2 N–H and O–H groups in total. The Balaban J connectivity index is 0.000000555. The normalized spacial score (nSPS) is 15.6. The topological polar surface area (TPSA) is 61.4 Å². The second-order valence-electron chi connectivity index (χ2n) is 4.93. The molecule has 1 amide bonds. The maximum absolute atomic E-state index is 10.1. The maximum Gasteiger partial charge on any atom is 0.216 e. The summed E-state index contributed by atoms with van der Waals surface area (Å²) in [7, 11) is 3.80. The molecule has 0 aliphatic carbocycles. The first-order valence-corrected chi connectivity index (χ1v) is 7.14. The molecule has 1 fully saturated rings. The molecule has 0 aromatic heterocycles. The van der Waals surface area contributed by atoms with E-state index in [2.05, 4.69) is 22.6 Å². The fourth-order valence-electron chi connectivity index (χ4n) is 2.02. The van der Waals surface area contributed by atoms with Crippen molar-refractivity contribution in [2.75, 3.05) is 33.7 Å². The molecule has 0 bridgehead atoms. The summed E-state index contributed by atoms with van der Waals surface area (Å²) >= 11 is 0. The number of nitrogens with zero attached hydrogens (tertiary/aromatic N) is 1. The Kier molecular flexibility index (Phi) is 11.5. The molecule has 5 heteroatoms. The average Bonchev–Trinajstić information content (AvgIpc) is 2.45. The number of hydrogen-bond acceptors (Lipinski definition) is 4. The number of unbranched alkanes of at least 4 members (excludes halogenated alkanes) is 2. The van der Waals surface area contributed by atoms with E-state index >= 15 is 0 Å². The van der Waals surface area contributed by atoms with Gasteiger partial charge in [0.2, 0.25) is 5.91 Å². The van der Waals surface area contributed by atoms with Crippen molar-refractivity contribution in [3.63, 3.8) is 0 Å². The minimum atomic E-state index is 0.00463. The number of piperidine rings is 1. The van der Waals surface area contributed by atoms with Gasteiger partial charge in [-0.05, 0) is 52.4 Å². The molecular formula is C14H29N3O2. The summed E-state index contributed by atoms with van der Waals surface area (Å²) in [5.41, 5.74) is 0. The lowest BCUT2D eigenvalue weighted by molar-refractivity contribution is -0.118. The Morgan fingerprint density at radius 1 is 1.37 bits per heavy atom. The minimum Gasteiger partial charge on any atom is -0.359 e. The Hall–Kier alpha value is -0.940. The Morgan fingerprint density at radius 2 is 1.95 bits per heavy atom. The largest absolute Gasteiger partial charge is 0.359 e. The summed E-state index contributed by atoms with van der Waals surface area (Å²) in [6.07, 6.45) is 6.47. The van der Waals surface area contributed by atoms with Gasteiger partial charge in [0.1, 0.15) is 6.29 Å². The summed E-state index contributed by atoms with van der Waals surface area (Å²) in [6.45, 7) is 4.92. The molecule has 19 heavy (non-hydrogen) atoms. The zero-order chi connectivity index (χ0) is 14.5. The molecule has 0 atom stereocenters. The molecule has 1 heterocycles. The Bertz CT molecular complexity index is 241.